The van der Waals surface area contributed by atoms with E-state index in [9.17, 15) is 21.6 Å². The molecule has 1 heterocycles. The molecule has 0 saturated carbocycles. The van der Waals surface area contributed by atoms with Crippen LogP contribution in [0.15, 0.2) is 101 Å². The van der Waals surface area contributed by atoms with Gasteiger partial charge in [0.2, 0.25) is 11.9 Å². The van der Waals surface area contributed by atoms with E-state index >= 15 is 0 Å². The molecule has 1 aromatic heterocycles. The summed E-state index contributed by atoms with van der Waals surface area (Å²) in [6, 6.07) is 21.1. The third kappa shape index (κ3) is 6.69. The number of aromatic nitrogens is 2. The highest BCUT2D eigenvalue weighted by molar-refractivity contribution is 7.93. The first-order valence-corrected chi connectivity index (χ1v) is 14.4. The minimum atomic E-state index is -4.11. The van der Waals surface area contributed by atoms with Crippen molar-refractivity contribution in [2.45, 2.75) is 16.7 Å². The number of carbonyl (C=O) groups excluding carboxylic acids is 1. The Labute approximate surface area is 226 Å². The molecular weight excluding hydrogens is 542 g/mol. The van der Waals surface area contributed by atoms with Crippen molar-refractivity contribution in [1.82, 2.24) is 9.97 Å². The molecule has 3 aromatic carbocycles. The lowest BCUT2D eigenvalue weighted by Gasteiger charge is -2.24. The Morgan fingerprint density at radius 2 is 1.62 bits per heavy atom. The SMILES string of the molecule is COc1cccc(N(CC(=O)Nc2ccc(S(=O)(=O)Nc3nccc(C)n3)cc2)S(=O)(=O)c2ccccc2)c1. The van der Waals surface area contributed by atoms with E-state index in [1.165, 1.54) is 55.8 Å². The van der Waals surface area contributed by atoms with E-state index in [2.05, 4.69) is 20.0 Å². The van der Waals surface area contributed by atoms with E-state index in [-0.39, 0.29) is 27.1 Å². The standard InChI is InChI=1S/C26H25N5O6S2/c1-19-15-16-27-26(28-19)30-38(33,34)23-13-11-20(12-14-23)29-25(32)18-31(21-7-6-8-22(17-21)37-2)39(35,36)24-9-4-3-5-10-24/h3-17H,18H2,1-2H3,(H,29,32)(H,27,28,30). The maximum atomic E-state index is 13.5. The average Bonchev–Trinajstić information content (AvgIpc) is 2.92. The molecule has 0 unspecified atom stereocenters. The molecule has 202 valence electrons. The molecule has 4 aromatic rings. The van der Waals surface area contributed by atoms with Gasteiger partial charge in [-0.1, -0.05) is 24.3 Å². The van der Waals surface area contributed by atoms with Gasteiger partial charge in [-0.25, -0.2) is 31.5 Å². The Morgan fingerprint density at radius 1 is 0.897 bits per heavy atom. The van der Waals surface area contributed by atoms with Crippen LogP contribution in [0.4, 0.5) is 17.3 Å². The molecule has 0 spiro atoms. The smallest absolute Gasteiger partial charge is 0.264 e. The molecule has 39 heavy (non-hydrogen) atoms. The fourth-order valence-corrected chi connectivity index (χ4v) is 5.91. The van der Waals surface area contributed by atoms with Gasteiger partial charge >= 0.3 is 0 Å². The molecule has 1 amide bonds. The fraction of sp³-hybridized carbons (Fsp3) is 0.115. The van der Waals surface area contributed by atoms with Crippen molar-refractivity contribution in [2.24, 2.45) is 0 Å². The van der Waals surface area contributed by atoms with Gasteiger partial charge < -0.3 is 10.1 Å². The first-order chi connectivity index (χ1) is 18.6. The van der Waals surface area contributed by atoms with Crippen LogP contribution in [-0.2, 0) is 24.8 Å². The lowest BCUT2D eigenvalue weighted by Crippen LogP contribution is -2.38. The number of carbonyl (C=O) groups is 1. The minimum absolute atomic E-state index is 0.0141. The van der Waals surface area contributed by atoms with E-state index < -0.39 is 32.5 Å². The Hall–Kier alpha value is -4.49. The van der Waals surface area contributed by atoms with Crippen LogP contribution < -0.4 is 19.1 Å². The number of benzene rings is 3. The molecule has 13 heteroatoms. The largest absolute Gasteiger partial charge is 0.497 e. The van der Waals surface area contributed by atoms with E-state index in [4.69, 9.17) is 4.74 Å². The Kier molecular flexibility index (Phi) is 8.12. The maximum absolute atomic E-state index is 13.5. The second kappa shape index (κ2) is 11.5. The van der Waals surface area contributed by atoms with Crippen molar-refractivity contribution >= 4 is 43.3 Å². The van der Waals surface area contributed by atoms with Crippen LogP contribution in [-0.4, -0.2) is 46.4 Å². The lowest BCUT2D eigenvalue weighted by atomic mass is 10.3. The molecule has 0 aliphatic rings. The molecule has 0 fully saturated rings. The van der Waals surface area contributed by atoms with Crippen LogP contribution in [0.2, 0.25) is 0 Å². The molecule has 0 aliphatic carbocycles. The van der Waals surface area contributed by atoms with Crippen LogP contribution in [0, 0.1) is 6.92 Å². The molecular formula is C26H25N5O6S2. The summed E-state index contributed by atoms with van der Waals surface area (Å²) < 4.78 is 60.8. The van der Waals surface area contributed by atoms with Gasteiger partial charge in [0.15, 0.2) is 0 Å². The number of rotatable bonds is 10. The van der Waals surface area contributed by atoms with Gasteiger partial charge in [0.25, 0.3) is 20.0 Å². The van der Waals surface area contributed by atoms with E-state index in [0.29, 0.717) is 11.4 Å². The van der Waals surface area contributed by atoms with Gasteiger partial charge in [0.1, 0.15) is 12.3 Å². The van der Waals surface area contributed by atoms with Crippen LogP contribution in [0.1, 0.15) is 5.69 Å². The second-order valence-electron chi connectivity index (χ2n) is 8.23. The molecule has 0 saturated heterocycles. The van der Waals surface area contributed by atoms with E-state index in [1.807, 2.05) is 0 Å². The van der Waals surface area contributed by atoms with Gasteiger partial charge in [-0.15, -0.1) is 0 Å². The zero-order valence-corrected chi connectivity index (χ0v) is 22.6. The van der Waals surface area contributed by atoms with Gasteiger partial charge in [0.05, 0.1) is 22.6 Å². The number of amides is 1. The number of hydrogen-bond acceptors (Lipinski definition) is 8. The normalized spacial score (nSPS) is 11.4. The topological polar surface area (TPSA) is 148 Å². The third-order valence-corrected chi connectivity index (χ3v) is 8.56. The molecule has 0 bridgehead atoms. The van der Waals surface area contributed by atoms with E-state index in [1.54, 1.807) is 49.4 Å². The molecule has 11 nitrogen and oxygen atoms in total. The summed E-state index contributed by atoms with van der Waals surface area (Å²) in [5.41, 5.74) is 1.10. The number of methoxy groups -OCH3 is 1. The molecule has 0 aliphatic heterocycles. The highest BCUT2D eigenvalue weighted by Gasteiger charge is 2.27. The average molecular weight is 568 g/mol. The van der Waals surface area contributed by atoms with Crippen LogP contribution in [0.3, 0.4) is 0 Å². The Bertz CT molecular complexity index is 1680. The second-order valence-corrected chi connectivity index (χ2v) is 11.8. The lowest BCUT2D eigenvalue weighted by molar-refractivity contribution is -0.114. The summed E-state index contributed by atoms with van der Waals surface area (Å²) in [5, 5.41) is 2.61. The van der Waals surface area contributed by atoms with Crippen LogP contribution in [0.5, 0.6) is 5.75 Å². The van der Waals surface area contributed by atoms with Crippen molar-refractivity contribution in [3.05, 3.63) is 96.8 Å². The number of anilines is 3. The quantitative estimate of drug-likeness (QED) is 0.296. The highest BCUT2D eigenvalue weighted by Crippen LogP contribution is 2.27. The molecule has 2 N–H and O–H groups in total. The van der Waals surface area contributed by atoms with Crippen molar-refractivity contribution in [3.8, 4) is 5.75 Å². The van der Waals surface area contributed by atoms with Gasteiger partial charge in [-0.2, -0.15) is 0 Å². The monoisotopic (exact) mass is 567 g/mol. The summed E-state index contributed by atoms with van der Waals surface area (Å²) >= 11 is 0. The van der Waals surface area contributed by atoms with Crippen LogP contribution in [0.25, 0.3) is 0 Å². The minimum Gasteiger partial charge on any atom is -0.497 e. The Balaban J connectivity index is 1.53. The molecule has 0 atom stereocenters. The summed E-state index contributed by atoms with van der Waals surface area (Å²) in [4.78, 5) is 20.8. The highest BCUT2D eigenvalue weighted by atomic mass is 32.2. The predicted molar refractivity (Wildman–Crippen MR) is 147 cm³/mol. The van der Waals surface area contributed by atoms with Gasteiger partial charge in [-0.3, -0.25) is 9.10 Å². The molecule has 0 radical (unpaired) electrons. The summed E-state index contributed by atoms with van der Waals surface area (Å²) in [6.45, 7) is 1.16. The zero-order valence-electron chi connectivity index (χ0n) is 21.0. The zero-order chi connectivity index (χ0) is 28.0. The number of nitrogens with zero attached hydrogens (tertiary/aromatic N) is 3. The summed E-state index contributed by atoms with van der Waals surface area (Å²) in [5.74, 6) is -0.286. The maximum Gasteiger partial charge on any atom is 0.264 e. The van der Waals surface area contributed by atoms with Crippen molar-refractivity contribution in [1.29, 1.82) is 0 Å². The summed E-state index contributed by atoms with van der Waals surface area (Å²) in [6.07, 6.45) is 1.44. The van der Waals surface area contributed by atoms with Crippen molar-refractivity contribution in [3.63, 3.8) is 0 Å². The van der Waals surface area contributed by atoms with Crippen LogP contribution >= 0.6 is 0 Å². The van der Waals surface area contributed by atoms with E-state index in [0.717, 1.165) is 4.31 Å². The van der Waals surface area contributed by atoms with Gasteiger partial charge in [-0.05, 0) is 61.5 Å². The first-order valence-electron chi connectivity index (χ1n) is 11.5. The predicted octanol–water partition coefficient (Wildman–Crippen LogP) is 3.43. The van der Waals surface area contributed by atoms with Gasteiger partial charge in [0, 0.05) is 23.6 Å². The molecule has 4 rings (SSSR count). The Morgan fingerprint density at radius 3 is 2.28 bits per heavy atom. The van der Waals surface area contributed by atoms with Crippen molar-refractivity contribution in [2.75, 3.05) is 28.0 Å². The number of hydrogen-bond donors (Lipinski definition) is 2. The fourth-order valence-electron chi connectivity index (χ4n) is 3.53. The first kappa shape index (κ1) is 27.5. The number of ether oxygens (including phenoxy) is 1. The number of aryl methyl sites for hydroxylation is 1. The third-order valence-electron chi connectivity index (χ3n) is 5.43. The summed E-state index contributed by atoms with van der Waals surface area (Å²) in [7, 11) is -6.63. The van der Waals surface area contributed by atoms with Crippen molar-refractivity contribution < 1.29 is 26.4 Å². The number of sulfonamides is 2. The number of nitrogens with one attached hydrogen (secondary N) is 2.